The zero-order chi connectivity index (χ0) is 15.6. The maximum Gasteiger partial charge on any atom is 0.105 e. The molecule has 3 heterocycles. The van der Waals surface area contributed by atoms with E-state index in [9.17, 15) is 0 Å². The van der Waals surface area contributed by atoms with Crippen LogP contribution in [0.3, 0.4) is 0 Å². The zero-order valence-electron chi connectivity index (χ0n) is 12.7. The van der Waals surface area contributed by atoms with Gasteiger partial charge in [0.1, 0.15) is 6.04 Å². The standard InChI is InChI=1S/C16H18ClN5O/c17-12-1-2-14-15(9-12)18-4-3-16(14)22-11-13(19-20-22)10-21-5-7-23-8-6-21/h1-4,9,13H,5-8,10-11H2. The maximum absolute atomic E-state index is 6.05. The van der Waals surface area contributed by atoms with Gasteiger partial charge in [-0.3, -0.25) is 9.88 Å². The Balaban J connectivity index is 1.50. The van der Waals surface area contributed by atoms with E-state index in [1.807, 2.05) is 29.3 Å². The number of morpholine rings is 1. The van der Waals surface area contributed by atoms with Crippen molar-refractivity contribution in [1.82, 2.24) is 9.88 Å². The highest BCUT2D eigenvalue weighted by molar-refractivity contribution is 6.31. The fourth-order valence-corrected chi connectivity index (χ4v) is 3.23. The topological polar surface area (TPSA) is 53.3 Å². The van der Waals surface area contributed by atoms with Crippen LogP contribution < -0.4 is 5.01 Å². The smallest absolute Gasteiger partial charge is 0.105 e. The van der Waals surface area contributed by atoms with E-state index in [1.54, 1.807) is 6.20 Å². The molecule has 1 aromatic carbocycles. The summed E-state index contributed by atoms with van der Waals surface area (Å²) in [5.41, 5.74) is 1.90. The van der Waals surface area contributed by atoms with Gasteiger partial charge in [-0.2, -0.15) is 5.11 Å². The molecule has 2 aliphatic heterocycles. The molecule has 0 radical (unpaired) electrons. The first-order valence-electron chi connectivity index (χ1n) is 7.82. The molecule has 2 aliphatic rings. The minimum atomic E-state index is 0.198. The van der Waals surface area contributed by atoms with Gasteiger partial charge in [0.05, 0.1) is 31.0 Å². The normalized spacial score (nSPS) is 22.1. The van der Waals surface area contributed by atoms with Crippen molar-refractivity contribution in [2.45, 2.75) is 6.04 Å². The Morgan fingerprint density at radius 2 is 2.09 bits per heavy atom. The van der Waals surface area contributed by atoms with Crippen LogP contribution in [-0.2, 0) is 4.74 Å². The highest BCUT2D eigenvalue weighted by atomic mass is 35.5. The third-order valence-corrected chi connectivity index (χ3v) is 4.47. The van der Waals surface area contributed by atoms with Crippen molar-refractivity contribution in [1.29, 1.82) is 0 Å². The van der Waals surface area contributed by atoms with Gasteiger partial charge >= 0.3 is 0 Å². The second-order valence-corrected chi connectivity index (χ2v) is 6.28. The summed E-state index contributed by atoms with van der Waals surface area (Å²) in [5.74, 6) is 0. The van der Waals surface area contributed by atoms with Gasteiger partial charge < -0.3 is 4.74 Å². The Morgan fingerprint density at radius 1 is 1.22 bits per heavy atom. The van der Waals surface area contributed by atoms with Gasteiger partial charge in [-0.1, -0.05) is 16.8 Å². The lowest BCUT2D eigenvalue weighted by Crippen LogP contribution is -2.41. The predicted molar refractivity (Wildman–Crippen MR) is 90.0 cm³/mol. The van der Waals surface area contributed by atoms with Crippen LogP contribution in [0.5, 0.6) is 0 Å². The van der Waals surface area contributed by atoms with Crippen LogP contribution in [0, 0.1) is 0 Å². The van der Waals surface area contributed by atoms with Gasteiger partial charge in [-0.05, 0) is 24.3 Å². The minimum Gasteiger partial charge on any atom is -0.379 e. The van der Waals surface area contributed by atoms with E-state index in [0.29, 0.717) is 5.02 Å². The monoisotopic (exact) mass is 331 g/mol. The van der Waals surface area contributed by atoms with Crippen LogP contribution >= 0.6 is 11.6 Å². The number of hydrogen-bond donors (Lipinski definition) is 0. The first kappa shape index (κ1) is 14.8. The van der Waals surface area contributed by atoms with Crippen LogP contribution in [0.15, 0.2) is 40.8 Å². The van der Waals surface area contributed by atoms with Crippen LogP contribution in [0.4, 0.5) is 5.69 Å². The van der Waals surface area contributed by atoms with E-state index in [4.69, 9.17) is 16.3 Å². The van der Waals surface area contributed by atoms with E-state index >= 15 is 0 Å². The Morgan fingerprint density at radius 3 is 2.96 bits per heavy atom. The number of fused-ring (bicyclic) bond motifs is 1. The van der Waals surface area contributed by atoms with Crippen molar-refractivity contribution in [2.24, 2.45) is 10.3 Å². The molecule has 0 aliphatic carbocycles. The van der Waals surface area contributed by atoms with Gasteiger partial charge in [-0.15, -0.1) is 0 Å². The third kappa shape index (κ3) is 3.15. The molecule has 1 unspecified atom stereocenters. The second kappa shape index (κ2) is 6.39. The number of hydrogen-bond acceptors (Lipinski definition) is 6. The fraction of sp³-hybridized carbons (Fsp3) is 0.438. The molecule has 23 heavy (non-hydrogen) atoms. The van der Waals surface area contributed by atoms with E-state index in [0.717, 1.165) is 56.0 Å². The van der Waals surface area contributed by atoms with Crippen molar-refractivity contribution in [3.63, 3.8) is 0 Å². The highest BCUT2D eigenvalue weighted by Gasteiger charge is 2.25. The Bertz CT molecular complexity index is 731. The number of anilines is 1. The lowest BCUT2D eigenvalue weighted by Gasteiger charge is -2.27. The second-order valence-electron chi connectivity index (χ2n) is 5.85. The van der Waals surface area contributed by atoms with Crippen molar-refractivity contribution in [3.8, 4) is 0 Å². The van der Waals surface area contributed by atoms with E-state index < -0.39 is 0 Å². The SMILES string of the molecule is Clc1ccc2c(N3CC(CN4CCOCC4)N=N3)ccnc2c1. The van der Waals surface area contributed by atoms with Crippen LogP contribution in [-0.4, -0.2) is 55.3 Å². The summed E-state index contributed by atoms with van der Waals surface area (Å²) in [7, 11) is 0. The molecule has 1 saturated heterocycles. The lowest BCUT2D eigenvalue weighted by molar-refractivity contribution is 0.0360. The quantitative estimate of drug-likeness (QED) is 0.868. The van der Waals surface area contributed by atoms with Gasteiger partial charge in [0, 0.05) is 36.2 Å². The van der Waals surface area contributed by atoms with Gasteiger partial charge in [0.2, 0.25) is 0 Å². The Hall–Kier alpha value is -1.76. The summed E-state index contributed by atoms with van der Waals surface area (Å²) in [6.07, 6.45) is 1.79. The number of rotatable bonds is 3. The lowest BCUT2D eigenvalue weighted by atomic mass is 10.1. The number of ether oxygens (including phenoxy) is 1. The Labute approximate surface area is 139 Å². The summed E-state index contributed by atoms with van der Waals surface area (Å²) in [5, 5.41) is 12.5. The largest absolute Gasteiger partial charge is 0.379 e. The van der Waals surface area contributed by atoms with E-state index in [-0.39, 0.29) is 6.04 Å². The number of nitrogens with zero attached hydrogens (tertiary/aromatic N) is 5. The summed E-state index contributed by atoms with van der Waals surface area (Å²) in [4.78, 5) is 6.77. The molecule has 0 amide bonds. The molecule has 0 N–H and O–H groups in total. The predicted octanol–water partition coefficient (Wildman–Crippen LogP) is 2.78. The number of halogens is 1. The molecule has 0 saturated carbocycles. The first-order chi connectivity index (χ1) is 11.3. The molecule has 0 bridgehead atoms. The van der Waals surface area contributed by atoms with Gasteiger partial charge in [0.15, 0.2) is 0 Å². The number of aromatic nitrogens is 1. The van der Waals surface area contributed by atoms with Gasteiger partial charge in [0.25, 0.3) is 0 Å². The van der Waals surface area contributed by atoms with E-state index in [1.165, 1.54) is 0 Å². The van der Waals surface area contributed by atoms with Crippen LogP contribution in [0.2, 0.25) is 5.02 Å². The van der Waals surface area contributed by atoms with Crippen molar-refractivity contribution >= 4 is 28.2 Å². The minimum absolute atomic E-state index is 0.198. The van der Waals surface area contributed by atoms with Crippen molar-refractivity contribution < 1.29 is 4.74 Å². The van der Waals surface area contributed by atoms with Crippen molar-refractivity contribution in [2.75, 3.05) is 44.4 Å². The molecule has 1 atom stereocenters. The number of benzene rings is 1. The Kier molecular flexibility index (Phi) is 4.11. The van der Waals surface area contributed by atoms with Crippen molar-refractivity contribution in [3.05, 3.63) is 35.5 Å². The molecule has 120 valence electrons. The van der Waals surface area contributed by atoms with Gasteiger partial charge in [-0.25, -0.2) is 5.01 Å². The average molecular weight is 332 g/mol. The molecule has 2 aromatic rings. The first-order valence-corrected chi connectivity index (χ1v) is 8.20. The molecule has 1 aromatic heterocycles. The van der Waals surface area contributed by atoms with E-state index in [2.05, 4.69) is 20.2 Å². The molecule has 6 nitrogen and oxygen atoms in total. The molecule has 0 spiro atoms. The molecular weight excluding hydrogens is 314 g/mol. The average Bonchev–Trinajstić information content (AvgIpc) is 3.03. The summed E-state index contributed by atoms with van der Waals surface area (Å²) >= 11 is 6.05. The summed E-state index contributed by atoms with van der Waals surface area (Å²) in [6.45, 7) is 5.29. The van der Waals surface area contributed by atoms with Crippen LogP contribution in [0.1, 0.15) is 0 Å². The molecule has 4 rings (SSSR count). The van der Waals surface area contributed by atoms with Crippen LogP contribution in [0.25, 0.3) is 10.9 Å². The summed E-state index contributed by atoms with van der Waals surface area (Å²) in [6, 6.07) is 7.92. The third-order valence-electron chi connectivity index (χ3n) is 4.24. The summed E-state index contributed by atoms with van der Waals surface area (Å²) < 4.78 is 5.39. The number of pyridine rings is 1. The maximum atomic E-state index is 6.05. The fourth-order valence-electron chi connectivity index (χ4n) is 3.06. The molecule has 7 heteroatoms. The molecule has 1 fully saturated rings. The zero-order valence-corrected chi connectivity index (χ0v) is 13.5. The highest BCUT2D eigenvalue weighted by Crippen LogP contribution is 2.29. The molecular formula is C16H18ClN5O.